The Bertz CT molecular complexity index is 314. The lowest BCUT2D eigenvalue weighted by Gasteiger charge is -2.01. The van der Waals surface area contributed by atoms with Crippen LogP contribution in [-0.4, -0.2) is 11.0 Å². The van der Waals surface area contributed by atoms with Gasteiger partial charge in [-0.3, -0.25) is 0 Å². The number of rotatable bonds is 1. The molecular formula is C7H4Cl2NO2. The molecule has 5 heteroatoms. The maximum absolute atomic E-state index is 10.9. The quantitative estimate of drug-likeness (QED) is 0.521. The van der Waals surface area contributed by atoms with Crippen molar-refractivity contribution in [1.29, 1.82) is 0 Å². The average Bonchev–Trinajstić information content (AvgIpc) is 2.08. The molecule has 0 bridgehead atoms. The van der Waals surface area contributed by atoms with E-state index >= 15 is 0 Å². The van der Waals surface area contributed by atoms with Crippen molar-refractivity contribution in [2.75, 3.05) is 0 Å². The lowest BCUT2D eigenvalue weighted by molar-refractivity contribution is 0.0654. The molecule has 1 rings (SSSR count). The third-order valence-corrected chi connectivity index (χ3v) is 1.96. The Morgan fingerprint density at radius 1 is 1.58 bits per heavy atom. The van der Waals surface area contributed by atoms with E-state index in [0.29, 0.717) is 0 Å². The second-order valence-corrected chi connectivity index (χ2v) is 2.63. The molecule has 0 aliphatic heterocycles. The van der Waals surface area contributed by atoms with E-state index in [0.717, 1.165) is 0 Å². The molecule has 0 N–H and O–H groups in total. The Hall–Kier alpha value is -0.800. The molecule has 63 valence electrons. The highest BCUT2D eigenvalue weighted by Crippen LogP contribution is 2.23. The molecule has 1 aromatic rings. The number of esters is 1. The summed E-state index contributed by atoms with van der Waals surface area (Å²) in [5.74, 6) is -0.635. The van der Waals surface area contributed by atoms with Crippen molar-refractivity contribution in [1.82, 2.24) is 4.98 Å². The predicted molar refractivity (Wildman–Crippen MR) is 45.0 cm³/mol. The third-order valence-electron chi connectivity index (χ3n) is 1.20. The van der Waals surface area contributed by atoms with E-state index in [-0.39, 0.29) is 15.7 Å². The topological polar surface area (TPSA) is 39.2 Å². The van der Waals surface area contributed by atoms with Gasteiger partial charge in [-0.1, -0.05) is 23.2 Å². The zero-order valence-electron chi connectivity index (χ0n) is 5.88. The van der Waals surface area contributed by atoms with Crippen LogP contribution in [0.2, 0.25) is 10.2 Å². The number of halogens is 2. The Labute approximate surface area is 79.3 Å². The number of hydrogen-bond donors (Lipinski definition) is 0. The lowest BCUT2D eigenvalue weighted by Crippen LogP contribution is -2.01. The molecule has 0 aliphatic rings. The summed E-state index contributed by atoms with van der Waals surface area (Å²) < 4.78 is 4.21. The molecule has 12 heavy (non-hydrogen) atoms. The molecule has 1 radical (unpaired) electrons. The van der Waals surface area contributed by atoms with Gasteiger partial charge < -0.3 is 4.74 Å². The Morgan fingerprint density at radius 3 is 2.83 bits per heavy atom. The molecule has 0 atom stereocenters. The van der Waals surface area contributed by atoms with E-state index in [2.05, 4.69) is 16.8 Å². The van der Waals surface area contributed by atoms with Crippen LogP contribution < -0.4 is 0 Å². The van der Waals surface area contributed by atoms with Gasteiger partial charge >= 0.3 is 5.97 Å². The fraction of sp³-hybridized carbons (Fsp3) is 0. The van der Waals surface area contributed by atoms with Crippen molar-refractivity contribution in [3.63, 3.8) is 0 Å². The molecule has 0 aromatic carbocycles. The number of hydrogen-bond acceptors (Lipinski definition) is 3. The summed E-state index contributed by atoms with van der Waals surface area (Å²) in [4.78, 5) is 14.6. The van der Waals surface area contributed by atoms with E-state index in [9.17, 15) is 4.79 Å². The van der Waals surface area contributed by atoms with Gasteiger partial charge in [0.2, 0.25) is 0 Å². The molecule has 0 spiro atoms. The smallest absolute Gasteiger partial charge is 0.339 e. The van der Waals surface area contributed by atoms with Crippen LogP contribution in [0.25, 0.3) is 0 Å². The van der Waals surface area contributed by atoms with Crippen molar-refractivity contribution in [2.45, 2.75) is 0 Å². The first-order valence-corrected chi connectivity index (χ1v) is 3.68. The highest BCUT2D eigenvalue weighted by Gasteiger charge is 2.12. The second kappa shape index (κ2) is 3.74. The molecule has 0 unspecified atom stereocenters. The molecule has 0 aliphatic carbocycles. The summed E-state index contributed by atoms with van der Waals surface area (Å²) >= 11 is 11.2. The Kier molecular flexibility index (Phi) is 2.89. The largest absolute Gasteiger partial charge is 0.458 e. The van der Waals surface area contributed by atoms with Crippen LogP contribution in [0.15, 0.2) is 12.3 Å². The van der Waals surface area contributed by atoms with Crippen molar-refractivity contribution in [3.05, 3.63) is 35.1 Å². The van der Waals surface area contributed by atoms with Crippen LogP contribution in [0.4, 0.5) is 0 Å². The first-order chi connectivity index (χ1) is 5.66. The number of ether oxygens (including phenoxy) is 1. The van der Waals surface area contributed by atoms with E-state index < -0.39 is 5.97 Å². The van der Waals surface area contributed by atoms with E-state index in [1.807, 2.05) is 0 Å². The monoisotopic (exact) mass is 204 g/mol. The van der Waals surface area contributed by atoms with Crippen LogP contribution in [0.3, 0.4) is 0 Å². The molecule has 0 saturated carbocycles. The van der Waals surface area contributed by atoms with Gasteiger partial charge in [0.05, 0.1) is 10.6 Å². The minimum absolute atomic E-state index is 0.0690. The van der Waals surface area contributed by atoms with Crippen molar-refractivity contribution < 1.29 is 9.53 Å². The fourth-order valence-electron chi connectivity index (χ4n) is 0.654. The van der Waals surface area contributed by atoms with Gasteiger partial charge in [-0.15, -0.1) is 0 Å². The average molecular weight is 205 g/mol. The normalized spacial score (nSPS) is 9.58. The van der Waals surface area contributed by atoms with Gasteiger partial charge in [0, 0.05) is 6.20 Å². The van der Waals surface area contributed by atoms with Crippen molar-refractivity contribution in [3.8, 4) is 0 Å². The molecular weight excluding hydrogens is 201 g/mol. The van der Waals surface area contributed by atoms with Gasteiger partial charge in [0.1, 0.15) is 12.3 Å². The highest BCUT2D eigenvalue weighted by molar-refractivity contribution is 6.42. The lowest BCUT2D eigenvalue weighted by atomic mass is 10.3. The molecule has 3 nitrogen and oxygen atoms in total. The first kappa shape index (κ1) is 9.29. The highest BCUT2D eigenvalue weighted by atomic mass is 35.5. The third kappa shape index (κ3) is 1.68. The van der Waals surface area contributed by atoms with Gasteiger partial charge in [-0.05, 0) is 6.07 Å². The molecule has 1 aromatic heterocycles. The number of nitrogens with zero attached hydrogens (tertiary/aromatic N) is 1. The van der Waals surface area contributed by atoms with Crippen LogP contribution >= 0.6 is 23.2 Å². The second-order valence-electron chi connectivity index (χ2n) is 1.90. The molecule has 0 amide bonds. The Morgan fingerprint density at radius 2 is 2.25 bits per heavy atom. The van der Waals surface area contributed by atoms with Gasteiger partial charge in [0.25, 0.3) is 0 Å². The first-order valence-electron chi connectivity index (χ1n) is 2.93. The van der Waals surface area contributed by atoms with Gasteiger partial charge in [0.15, 0.2) is 0 Å². The standard InChI is InChI=1S/C7H4Cl2NO2/c1-12-7(11)4-2-3-10-6(9)5(4)8/h2-3H,1H2. The van der Waals surface area contributed by atoms with Crippen molar-refractivity contribution in [2.24, 2.45) is 0 Å². The number of aromatic nitrogens is 1. The summed E-state index contributed by atoms with van der Waals surface area (Å²) in [5, 5.41) is 0.146. The van der Waals surface area contributed by atoms with Gasteiger partial charge in [-0.25, -0.2) is 9.78 Å². The van der Waals surface area contributed by atoms with E-state index in [1.54, 1.807) is 0 Å². The molecule has 0 fully saturated rings. The van der Waals surface area contributed by atoms with Crippen LogP contribution in [0, 0.1) is 7.11 Å². The number of pyridine rings is 1. The van der Waals surface area contributed by atoms with E-state index in [4.69, 9.17) is 23.2 Å². The number of carbonyl (C=O) groups is 1. The summed E-state index contributed by atoms with van der Waals surface area (Å²) in [7, 11) is 2.96. The SMILES string of the molecule is [CH2]OC(=O)c1ccnc(Cl)c1Cl. The predicted octanol–water partition coefficient (Wildman–Crippen LogP) is 2.34. The fourth-order valence-corrected chi connectivity index (χ4v) is 1.00. The maximum Gasteiger partial charge on any atom is 0.339 e. The van der Waals surface area contributed by atoms with Crippen LogP contribution in [-0.2, 0) is 4.74 Å². The summed E-state index contributed by atoms with van der Waals surface area (Å²) in [6.07, 6.45) is 1.36. The van der Waals surface area contributed by atoms with E-state index in [1.165, 1.54) is 12.3 Å². The summed E-state index contributed by atoms with van der Waals surface area (Å²) in [5.41, 5.74) is 0.159. The van der Waals surface area contributed by atoms with Crippen molar-refractivity contribution >= 4 is 29.2 Å². The summed E-state index contributed by atoms with van der Waals surface area (Å²) in [6.45, 7) is 0. The van der Waals surface area contributed by atoms with Crippen LogP contribution in [0.1, 0.15) is 10.4 Å². The minimum atomic E-state index is -0.635. The Balaban J connectivity index is 3.16. The maximum atomic E-state index is 10.9. The zero-order chi connectivity index (χ0) is 9.14. The minimum Gasteiger partial charge on any atom is -0.458 e. The number of carbonyl (C=O) groups excluding carboxylic acids is 1. The molecule has 1 heterocycles. The summed E-state index contributed by atoms with van der Waals surface area (Å²) in [6, 6.07) is 1.40. The zero-order valence-corrected chi connectivity index (χ0v) is 7.39. The van der Waals surface area contributed by atoms with Crippen LogP contribution in [0.5, 0.6) is 0 Å². The van der Waals surface area contributed by atoms with Gasteiger partial charge in [-0.2, -0.15) is 0 Å². The molecule has 0 saturated heterocycles.